The van der Waals surface area contributed by atoms with Gasteiger partial charge in [0.05, 0.1) is 22.5 Å². The first-order chi connectivity index (χ1) is 10.3. The van der Waals surface area contributed by atoms with Gasteiger partial charge in [-0.15, -0.1) is 11.3 Å². The van der Waals surface area contributed by atoms with E-state index in [1.165, 1.54) is 23.6 Å². The Morgan fingerprint density at radius 2 is 2.09 bits per heavy atom. The molecule has 1 amide bonds. The van der Waals surface area contributed by atoms with Gasteiger partial charge in [0.25, 0.3) is 5.91 Å². The molecular formula is C14H10F3IN2OS. The highest BCUT2D eigenvalue weighted by Gasteiger charge is 2.31. The van der Waals surface area contributed by atoms with Crippen LogP contribution in [0.4, 0.5) is 18.9 Å². The molecule has 116 valence electrons. The first-order valence-corrected chi connectivity index (χ1v) is 8.38. The number of benzene rings is 1. The molecule has 1 fully saturated rings. The first kappa shape index (κ1) is 15.7. The zero-order valence-electron chi connectivity index (χ0n) is 11.1. The molecule has 0 aliphatic heterocycles. The van der Waals surface area contributed by atoms with Crippen LogP contribution in [0, 0.1) is 3.57 Å². The number of alkyl halides is 3. The Bertz CT molecular complexity index is 725. The Labute approximate surface area is 142 Å². The molecule has 1 N–H and O–H groups in total. The molecule has 0 spiro atoms. The van der Waals surface area contributed by atoms with Crippen molar-refractivity contribution in [2.45, 2.75) is 24.9 Å². The molecule has 1 heterocycles. The van der Waals surface area contributed by atoms with E-state index in [1.807, 2.05) is 22.6 Å². The number of rotatable bonds is 3. The summed E-state index contributed by atoms with van der Waals surface area (Å²) in [6.45, 7) is 0. The Hall–Kier alpha value is -1.16. The average molecular weight is 438 g/mol. The number of hydrogen-bond donors (Lipinski definition) is 1. The molecule has 2 aromatic rings. The smallest absolute Gasteiger partial charge is 0.320 e. The van der Waals surface area contributed by atoms with Crippen molar-refractivity contribution in [3.63, 3.8) is 0 Å². The quantitative estimate of drug-likeness (QED) is 0.694. The Kier molecular flexibility index (Phi) is 4.15. The van der Waals surface area contributed by atoms with E-state index in [-0.39, 0.29) is 5.69 Å². The third kappa shape index (κ3) is 3.43. The molecular weight excluding hydrogens is 428 g/mol. The number of aromatic nitrogens is 1. The van der Waals surface area contributed by atoms with Crippen LogP contribution >= 0.6 is 33.9 Å². The minimum absolute atomic E-state index is 0.154. The van der Waals surface area contributed by atoms with Crippen LogP contribution in [0.3, 0.4) is 0 Å². The second-order valence-corrected chi connectivity index (χ2v) is 7.21. The minimum atomic E-state index is -4.44. The van der Waals surface area contributed by atoms with Gasteiger partial charge in [0, 0.05) is 9.49 Å². The number of carbonyl (C=O) groups excluding carboxylic acids is 1. The molecule has 0 atom stereocenters. The van der Waals surface area contributed by atoms with E-state index in [9.17, 15) is 18.0 Å². The van der Waals surface area contributed by atoms with Crippen LogP contribution in [0.15, 0.2) is 24.4 Å². The summed E-state index contributed by atoms with van der Waals surface area (Å²) in [6, 6.07) is 3.28. The second kappa shape index (κ2) is 5.80. The maximum atomic E-state index is 12.7. The van der Waals surface area contributed by atoms with Crippen LogP contribution in [-0.2, 0) is 6.18 Å². The van der Waals surface area contributed by atoms with Gasteiger partial charge in [-0.25, -0.2) is 4.98 Å². The molecule has 0 radical (unpaired) electrons. The standard InChI is InChI=1S/C14H10F3IN2OS/c15-14(16,17)8-3-4-9(18)10(5-8)20-12(21)11-6-19-13(22-11)7-1-2-7/h3-7H,1-2H2,(H,20,21). The fourth-order valence-corrected chi connectivity index (χ4v) is 3.35. The van der Waals surface area contributed by atoms with Gasteiger partial charge in [0.1, 0.15) is 4.88 Å². The van der Waals surface area contributed by atoms with Gasteiger partial charge in [0.15, 0.2) is 0 Å². The largest absolute Gasteiger partial charge is 0.416 e. The number of nitrogens with one attached hydrogen (secondary N) is 1. The van der Waals surface area contributed by atoms with Crippen molar-refractivity contribution in [1.29, 1.82) is 0 Å². The predicted octanol–water partition coefficient (Wildman–Crippen LogP) is 4.90. The van der Waals surface area contributed by atoms with Crippen LogP contribution < -0.4 is 5.32 Å². The maximum Gasteiger partial charge on any atom is 0.416 e. The monoisotopic (exact) mass is 438 g/mol. The van der Waals surface area contributed by atoms with Gasteiger partial charge in [-0.3, -0.25) is 4.79 Å². The number of thiazole rings is 1. The van der Waals surface area contributed by atoms with Crippen molar-refractivity contribution in [1.82, 2.24) is 4.98 Å². The fraction of sp³-hybridized carbons (Fsp3) is 0.286. The van der Waals surface area contributed by atoms with Crippen molar-refractivity contribution >= 4 is 45.5 Å². The van der Waals surface area contributed by atoms with Gasteiger partial charge in [-0.1, -0.05) is 0 Å². The van der Waals surface area contributed by atoms with Crippen molar-refractivity contribution < 1.29 is 18.0 Å². The van der Waals surface area contributed by atoms with E-state index in [1.54, 1.807) is 0 Å². The lowest BCUT2D eigenvalue weighted by molar-refractivity contribution is -0.137. The van der Waals surface area contributed by atoms with Crippen molar-refractivity contribution in [3.8, 4) is 0 Å². The first-order valence-electron chi connectivity index (χ1n) is 6.48. The van der Waals surface area contributed by atoms with Crippen molar-refractivity contribution in [3.05, 3.63) is 43.4 Å². The molecule has 1 aliphatic rings. The number of amides is 1. The van der Waals surface area contributed by atoms with Crippen LogP contribution in [0.5, 0.6) is 0 Å². The van der Waals surface area contributed by atoms with Crippen LogP contribution in [0.2, 0.25) is 0 Å². The summed E-state index contributed by atoms with van der Waals surface area (Å²) in [5, 5.41) is 3.46. The summed E-state index contributed by atoms with van der Waals surface area (Å²) in [4.78, 5) is 16.8. The zero-order chi connectivity index (χ0) is 15.9. The van der Waals surface area contributed by atoms with Gasteiger partial charge in [-0.05, 0) is 53.6 Å². The molecule has 1 aromatic carbocycles. The molecule has 1 saturated carbocycles. The van der Waals surface area contributed by atoms with Crippen LogP contribution in [-0.4, -0.2) is 10.9 Å². The van der Waals surface area contributed by atoms with Crippen molar-refractivity contribution in [2.75, 3.05) is 5.32 Å². The fourth-order valence-electron chi connectivity index (χ4n) is 1.89. The SMILES string of the molecule is O=C(Nc1cc(C(F)(F)F)ccc1I)c1cnc(C2CC2)s1. The Morgan fingerprint density at radius 3 is 2.73 bits per heavy atom. The van der Waals surface area contributed by atoms with E-state index in [0.717, 1.165) is 30.0 Å². The highest BCUT2D eigenvalue weighted by molar-refractivity contribution is 14.1. The topological polar surface area (TPSA) is 42.0 Å². The average Bonchev–Trinajstić information content (AvgIpc) is 3.17. The maximum absolute atomic E-state index is 12.7. The highest BCUT2D eigenvalue weighted by atomic mass is 127. The molecule has 22 heavy (non-hydrogen) atoms. The van der Waals surface area contributed by atoms with E-state index < -0.39 is 17.6 Å². The third-order valence-electron chi connectivity index (χ3n) is 3.22. The van der Waals surface area contributed by atoms with Gasteiger partial charge in [0.2, 0.25) is 0 Å². The number of nitrogens with zero attached hydrogens (tertiary/aromatic N) is 1. The summed E-state index contributed by atoms with van der Waals surface area (Å²) >= 11 is 3.19. The van der Waals surface area contributed by atoms with Gasteiger partial charge < -0.3 is 5.32 Å². The molecule has 3 nitrogen and oxygen atoms in total. The lowest BCUT2D eigenvalue weighted by Crippen LogP contribution is -2.13. The summed E-state index contributed by atoms with van der Waals surface area (Å²) < 4.78 is 38.8. The minimum Gasteiger partial charge on any atom is -0.320 e. The summed E-state index contributed by atoms with van der Waals surface area (Å²) in [5.74, 6) is 0.0156. The lowest BCUT2D eigenvalue weighted by Gasteiger charge is -2.11. The number of anilines is 1. The normalized spacial score (nSPS) is 14.9. The number of halogens is 4. The number of hydrogen-bond acceptors (Lipinski definition) is 3. The Morgan fingerprint density at radius 1 is 1.36 bits per heavy atom. The number of carbonyl (C=O) groups is 1. The molecule has 1 aromatic heterocycles. The summed E-state index contributed by atoms with van der Waals surface area (Å²) in [6.07, 6.45) is -0.790. The van der Waals surface area contributed by atoms with Crippen LogP contribution in [0.25, 0.3) is 0 Å². The molecule has 0 bridgehead atoms. The molecule has 3 rings (SSSR count). The van der Waals surface area contributed by atoms with Gasteiger partial charge in [-0.2, -0.15) is 13.2 Å². The van der Waals surface area contributed by atoms with Crippen molar-refractivity contribution in [2.24, 2.45) is 0 Å². The van der Waals surface area contributed by atoms with Gasteiger partial charge >= 0.3 is 6.18 Å². The van der Waals surface area contributed by atoms with E-state index in [2.05, 4.69) is 10.3 Å². The Balaban J connectivity index is 1.80. The molecule has 8 heteroatoms. The van der Waals surface area contributed by atoms with Crippen LogP contribution in [0.1, 0.15) is 39.0 Å². The zero-order valence-corrected chi connectivity index (χ0v) is 14.1. The molecule has 0 unspecified atom stereocenters. The lowest BCUT2D eigenvalue weighted by atomic mass is 10.2. The molecule has 1 aliphatic carbocycles. The molecule has 0 saturated heterocycles. The second-order valence-electron chi connectivity index (χ2n) is 4.98. The summed E-state index contributed by atoms with van der Waals surface area (Å²) in [5.41, 5.74) is -0.631. The van der Waals surface area contributed by atoms with E-state index in [0.29, 0.717) is 14.4 Å². The predicted molar refractivity (Wildman–Crippen MR) is 86.2 cm³/mol. The van der Waals surface area contributed by atoms with E-state index >= 15 is 0 Å². The third-order valence-corrected chi connectivity index (χ3v) is 5.32. The van der Waals surface area contributed by atoms with E-state index in [4.69, 9.17) is 0 Å². The highest BCUT2D eigenvalue weighted by Crippen LogP contribution is 2.42. The summed E-state index contributed by atoms with van der Waals surface area (Å²) in [7, 11) is 0.